The highest BCUT2D eigenvalue weighted by Crippen LogP contribution is 2.10. The number of nitrogen functional groups attached to an aromatic ring is 1. The minimum Gasteiger partial charge on any atom is -0.368 e. The summed E-state index contributed by atoms with van der Waals surface area (Å²) in [4.78, 5) is 11.9. The molecule has 0 saturated heterocycles. The normalized spacial score (nSPS) is 12.5. The van der Waals surface area contributed by atoms with Gasteiger partial charge in [-0.25, -0.2) is 0 Å². The quantitative estimate of drug-likeness (QED) is 0.603. The van der Waals surface area contributed by atoms with Crippen LogP contribution >= 0.6 is 0 Å². The lowest BCUT2D eigenvalue weighted by atomic mass is 10.2. The van der Waals surface area contributed by atoms with E-state index in [9.17, 15) is 0 Å². The maximum Gasteiger partial charge on any atom is 0.227 e. The molecule has 0 aliphatic rings. The van der Waals surface area contributed by atoms with Crippen molar-refractivity contribution < 1.29 is 0 Å². The van der Waals surface area contributed by atoms with Crippen molar-refractivity contribution in [3.05, 3.63) is 5.82 Å². The van der Waals surface area contributed by atoms with Crippen molar-refractivity contribution in [1.82, 2.24) is 15.0 Å². The Labute approximate surface area is 76.8 Å². The van der Waals surface area contributed by atoms with Gasteiger partial charge in [0.05, 0.1) is 6.04 Å². The van der Waals surface area contributed by atoms with E-state index >= 15 is 0 Å². The predicted octanol–water partition coefficient (Wildman–Crippen LogP) is -0.0947. The van der Waals surface area contributed by atoms with Crippen LogP contribution in [0.4, 0.5) is 11.9 Å². The van der Waals surface area contributed by atoms with Gasteiger partial charge in [-0.15, -0.1) is 0 Å². The Bertz CT molecular complexity index is 286. The second kappa shape index (κ2) is 3.99. The Morgan fingerprint density at radius 3 is 2.62 bits per heavy atom. The summed E-state index contributed by atoms with van der Waals surface area (Å²) in [6.07, 6.45) is 0.770. The smallest absolute Gasteiger partial charge is 0.227 e. The Morgan fingerprint density at radius 1 is 1.38 bits per heavy atom. The number of nitrogens with two attached hydrogens (primary N) is 2. The van der Waals surface area contributed by atoms with Crippen molar-refractivity contribution in [2.75, 3.05) is 18.1 Å². The van der Waals surface area contributed by atoms with Crippen LogP contribution in [0, 0.1) is 0 Å². The van der Waals surface area contributed by atoms with Gasteiger partial charge in [0.1, 0.15) is 0 Å². The number of aromatic nitrogens is 3. The molecule has 1 unspecified atom stereocenters. The summed E-state index contributed by atoms with van der Waals surface area (Å²) in [6, 6.07) is -0.183. The molecule has 1 aromatic rings. The van der Waals surface area contributed by atoms with Crippen LogP contribution in [0.1, 0.15) is 25.2 Å². The molecule has 1 aromatic heterocycles. The lowest BCUT2D eigenvalue weighted by Crippen LogP contribution is -2.16. The Morgan fingerprint density at radius 2 is 2.08 bits per heavy atom. The highest BCUT2D eigenvalue weighted by Gasteiger charge is 2.09. The monoisotopic (exact) mass is 182 g/mol. The molecule has 0 spiro atoms. The number of nitrogens with zero attached hydrogens (tertiary/aromatic N) is 3. The van der Waals surface area contributed by atoms with Crippen molar-refractivity contribution >= 4 is 11.9 Å². The summed E-state index contributed by atoms with van der Waals surface area (Å²) in [5, 5.41) is 2.79. The van der Waals surface area contributed by atoms with Gasteiger partial charge in [-0.05, 0) is 6.42 Å². The number of anilines is 2. The summed E-state index contributed by atoms with van der Waals surface area (Å²) in [5.74, 6) is 1.17. The molecule has 0 fully saturated rings. The third-order valence-electron chi connectivity index (χ3n) is 1.67. The molecule has 0 aliphatic heterocycles. The second-order valence-electron chi connectivity index (χ2n) is 2.64. The molecule has 6 nitrogen and oxygen atoms in total. The first kappa shape index (κ1) is 9.66. The van der Waals surface area contributed by atoms with Gasteiger partial charge in [-0.1, -0.05) is 6.92 Å². The molecular formula is C7H14N6. The molecule has 13 heavy (non-hydrogen) atoms. The molecular weight excluding hydrogens is 168 g/mol. The van der Waals surface area contributed by atoms with Crippen molar-refractivity contribution in [2.24, 2.45) is 5.73 Å². The fraction of sp³-hybridized carbons (Fsp3) is 0.571. The van der Waals surface area contributed by atoms with E-state index in [1.165, 1.54) is 0 Å². The predicted molar refractivity (Wildman–Crippen MR) is 51.0 cm³/mol. The second-order valence-corrected chi connectivity index (χ2v) is 2.64. The van der Waals surface area contributed by atoms with E-state index in [0.29, 0.717) is 11.8 Å². The molecule has 5 N–H and O–H groups in total. The van der Waals surface area contributed by atoms with Gasteiger partial charge >= 0.3 is 0 Å². The summed E-state index contributed by atoms with van der Waals surface area (Å²) >= 11 is 0. The molecule has 1 atom stereocenters. The van der Waals surface area contributed by atoms with Crippen LogP contribution in [-0.4, -0.2) is 22.0 Å². The van der Waals surface area contributed by atoms with Crippen LogP contribution in [0.15, 0.2) is 0 Å². The van der Waals surface area contributed by atoms with Gasteiger partial charge in [0, 0.05) is 7.05 Å². The molecule has 0 radical (unpaired) electrons. The minimum absolute atomic E-state index is 0.183. The van der Waals surface area contributed by atoms with E-state index in [1.54, 1.807) is 7.05 Å². The SMILES string of the molecule is CCC(N)c1nc(N)nc(NC)n1. The number of nitrogens with one attached hydrogen (secondary N) is 1. The number of rotatable bonds is 3. The molecule has 1 rings (SSSR count). The van der Waals surface area contributed by atoms with Crippen LogP contribution in [0.3, 0.4) is 0 Å². The molecule has 0 bridgehead atoms. The first-order chi connectivity index (χ1) is 6.17. The third-order valence-corrected chi connectivity index (χ3v) is 1.67. The van der Waals surface area contributed by atoms with Crippen LogP contribution in [0.5, 0.6) is 0 Å². The first-order valence-corrected chi connectivity index (χ1v) is 4.12. The number of hydrogen-bond acceptors (Lipinski definition) is 6. The van der Waals surface area contributed by atoms with E-state index < -0.39 is 0 Å². The highest BCUT2D eigenvalue weighted by molar-refractivity contribution is 5.30. The fourth-order valence-corrected chi connectivity index (χ4v) is 0.870. The molecule has 6 heteroatoms. The Balaban J connectivity index is 3.01. The van der Waals surface area contributed by atoms with Crippen LogP contribution in [0.2, 0.25) is 0 Å². The summed E-state index contributed by atoms with van der Waals surface area (Å²) in [6.45, 7) is 1.96. The highest BCUT2D eigenvalue weighted by atomic mass is 15.2. The van der Waals surface area contributed by atoms with Crippen LogP contribution in [-0.2, 0) is 0 Å². The average molecular weight is 182 g/mol. The molecule has 0 aliphatic carbocycles. The van der Waals surface area contributed by atoms with Crippen molar-refractivity contribution in [1.29, 1.82) is 0 Å². The molecule has 1 heterocycles. The molecule has 72 valence electrons. The standard InChI is InChI=1S/C7H14N6/c1-3-4(8)5-11-6(9)13-7(10-2)12-5/h4H,3,8H2,1-2H3,(H3,9,10,11,12,13). The zero-order chi connectivity index (χ0) is 9.84. The topological polar surface area (TPSA) is 103 Å². The summed E-state index contributed by atoms with van der Waals surface area (Å²) in [7, 11) is 1.72. The van der Waals surface area contributed by atoms with Gasteiger partial charge in [0.2, 0.25) is 11.9 Å². The lowest BCUT2D eigenvalue weighted by Gasteiger charge is -2.08. The van der Waals surface area contributed by atoms with Crippen LogP contribution in [0.25, 0.3) is 0 Å². The zero-order valence-electron chi connectivity index (χ0n) is 7.78. The van der Waals surface area contributed by atoms with E-state index in [2.05, 4.69) is 20.3 Å². The summed E-state index contributed by atoms with van der Waals surface area (Å²) < 4.78 is 0. The van der Waals surface area contributed by atoms with Crippen molar-refractivity contribution in [2.45, 2.75) is 19.4 Å². The minimum atomic E-state index is -0.183. The third kappa shape index (κ3) is 2.25. The summed E-state index contributed by atoms with van der Waals surface area (Å²) in [5.41, 5.74) is 11.2. The lowest BCUT2D eigenvalue weighted by molar-refractivity contribution is 0.646. The first-order valence-electron chi connectivity index (χ1n) is 4.12. The Hall–Kier alpha value is -1.43. The van der Waals surface area contributed by atoms with E-state index in [4.69, 9.17) is 11.5 Å². The van der Waals surface area contributed by atoms with Gasteiger partial charge in [0.25, 0.3) is 0 Å². The average Bonchev–Trinajstić information content (AvgIpc) is 2.15. The molecule has 0 aromatic carbocycles. The largest absolute Gasteiger partial charge is 0.368 e. The van der Waals surface area contributed by atoms with E-state index in [1.807, 2.05) is 6.92 Å². The van der Waals surface area contributed by atoms with Crippen molar-refractivity contribution in [3.63, 3.8) is 0 Å². The number of hydrogen-bond donors (Lipinski definition) is 3. The van der Waals surface area contributed by atoms with E-state index in [-0.39, 0.29) is 12.0 Å². The van der Waals surface area contributed by atoms with Crippen molar-refractivity contribution in [3.8, 4) is 0 Å². The van der Waals surface area contributed by atoms with Gasteiger partial charge in [0.15, 0.2) is 5.82 Å². The molecule has 0 saturated carbocycles. The fourth-order valence-electron chi connectivity index (χ4n) is 0.870. The Kier molecular flexibility index (Phi) is 2.97. The zero-order valence-corrected chi connectivity index (χ0v) is 7.78. The maximum absolute atomic E-state index is 5.75. The molecule has 0 amide bonds. The van der Waals surface area contributed by atoms with Crippen LogP contribution < -0.4 is 16.8 Å². The van der Waals surface area contributed by atoms with Gasteiger partial charge in [-0.3, -0.25) is 0 Å². The van der Waals surface area contributed by atoms with E-state index in [0.717, 1.165) is 6.42 Å². The van der Waals surface area contributed by atoms with Gasteiger partial charge < -0.3 is 16.8 Å². The maximum atomic E-state index is 5.75. The van der Waals surface area contributed by atoms with Gasteiger partial charge in [-0.2, -0.15) is 15.0 Å².